The van der Waals surface area contributed by atoms with E-state index in [1.54, 1.807) is 0 Å². The number of nitrogens with two attached hydrogens (primary N) is 1. The monoisotopic (exact) mass is 165 g/mol. The minimum absolute atomic E-state index is 0.655. The van der Waals surface area contributed by atoms with Crippen LogP contribution in [0.1, 0.15) is 24.9 Å². The van der Waals surface area contributed by atoms with Gasteiger partial charge in [0.05, 0.1) is 0 Å². The van der Waals surface area contributed by atoms with Gasteiger partial charge in [-0.1, -0.05) is 6.92 Å². The first kappa shape index (κ1) is 9.13. The van der Waals surface area contributed by atoms with Crippen molar-refractivity contribution in [2.45, 2.75) is 26.2 Å². The molecule has 1 heterocycles. The molecule has 0 radical (unpaired) electrons. The molecule has 0 fully saturated rings. The van der Waals surface area contributed by atoms with E-state index in [9.17, 15) is 0 Å². The van der Waals surface area contributed by atoms with Crippen LogP contribution in [0, 0.1) is 0 Å². The Labute approximate surface area is 73.0 Å². The van der Waals surface area contributed by atoms with E-state index in [0.29, 0.717) is 6.54 Å². The van der Waals surface area contributed by atoms with E-state index in [4.69, 9.17) is 5.73 Å². The van der Waals surface area contributed by atoms with Gasteiger partial charge in [-0.2, -0.15) is 0 Å². The lowest BCUT2D eigenvalue weighted by molar-refractivity contribution is 0.803. The maximum absolute atomic E-state index is 5.42. The molecule has 0 aromatic carbocycles. The first-order valence-electron chi connectivity index (χ1n) is 4.37. The normalized spacial score (nSPS) is 10.2. The number of aromatic nitrogens is 2. The molecule has 66 valence electrons. The van der Waals surface area contributed by atoms with Gasteiger partial charge in [0, 0.05) is 24.7 Å². The van der Waals surface area contributed by atoms with E-state index in [1.165, 1.54) is 0 Å². The summed E-state index contributed by atoms with van der Waals surface area (Å²) in [6, 6.07) is 1.92. The fourth-order valence-corrected chi connectivity index (χ4v) is 1.07. The summed E-state index contributed by atoms with van der Waals surface area (Å²) in [5.41, 5.74) is 6.48. The van der Waals surface area contributed by atoms with E-state index in [-0.39, 0.29) is 0 Å². The highest BCUT2D eigenvalue weighted by Crippen LogP contribution is 1.98. The molecular formula is C9H15N3. The summed E-state index contributed by atoms with van der Waals surface area (Å²) in [6.07, 6.45) is 4.70. The van der Waals surface area contributed by atoms with Gasteiger partial charge in [0.15, 0.2) is 0 Å². The highest BCUT2D eigenvalue weighted by Gasteiger charge is 1.96. The van der Waals surface area contributed by atoms with E-state index >= 15 is 0 Å². The van der Waals surface area contributed by atoms with Crippen molar-refractivity contribution in [1.82, 2.24) is 9.97 Å². The van der Waals surface area contributed by atoms with E-state index in [2.05, 4.69) is 16.9 Å². The van der Waals surface area contributed by atoms with Gasteiger partial charge in [0.25, 0.3) is 0 Å². The zero-order chi connectivity index (χ0) is 8.81. The van der Waals surface area contributed by atoms with Crippen LogP contribution < -0.4 is 5.73 Å². The van der Waals surface area contributed by atoms with Gasteiger partial charge in [-0.15, -0.1) is 0 Å². The number of hydrogen-bond donors (Lipinski definition) is 1. The summed E-state index contributed by atoms with van der Waals surface area (Å²) in [7, 11) is 0. The van der Waals surface area contributed by atoms with E-state index in [1.807, 2.05) is 12.3 Å². The van der Waals surface area contributed by atoms with Crippen molar-refractivity contribution in [3.8, 4) is 0 Å². The average Bonchev–Trinajstić information content (AvgIpc) is 2.06. The van der Waals surface area contributed by atoms with Crippen molar-refractivity contribution in [3.63, 3.8) is 0 Å². The van der Waals surface area contributed by atoms with Gasteiger partial charge in [-0.05, 0) is 19.0 Å². The molecule has 0 aliphatic rings. The first-order valence-corrected chi connectivity index (χ1v) is 4.37. The predicted molar refractivity (Wildman–Crippen MR) is 48.8 cm³/mol. The molecule has 1 rings (SSSR count). The summed E-state index contributed by atoms with van der Waals surface area (Å²) in [4.78, 5) is 8.52. The van der Waals surface area contributed by atoms with Gasteiger partial charge in [0.2, 0.25) is 0 Å². The summed E-state index contributed by atoms with van der Waals surface area (Å²) in [5, 5.41) is 0. The van der Waals surface area contributed by atoms with Crippen LogP contribution in [0.4, 0.5) is 0 Å². The number of nitrogens with zero attached hydrogens (tertiary/aromatic N) is 2. The van der Waals surface area contributed by atoms with Gasteiger partial charge in [0.1, 0.15) is 5.82 Å². The second-order valence-corrected chi connectivity index (χ2v) is 2.75. The minimum Gasteiger partial charge on any atom is -0.330 e. The Morgan fingerprint density at radius 1 is 1.42 bits per heavy atom. The first-order chi connectivity index (χ1) is 5.86. The molecule has 3 heteroatoms. The molecule has 1 aromatic heterocycles. The molecule has 0 saturated carbocycles. The van der Waals surface area contributed by atoms with Crippen molar-refractivity contribution >= 4 is 0 Å². The highest BCUT2D eigenvalue weighted by atomic mass is 14.9. The lowest BCUT2D eigenvalue weighted by Gasteiger charge is -2.00. The molecule has 0 aliphatic carbocycles. The van der Waals surface area contributed by atoms with Crippen LogP contribution in [0.25, 0.3) is 0 Å². The number of rotatable bonds is 4. The van der Waals surface area contributed by atoms with Crippen LogP contribution in [0.2, 0.25) is 0 Å². The second-order valence-electron chi connectivity index (χ2n) is 2.75. The average molecular weight is 165 g/mol. The second kappa shape index (κ2) is 4.83. The molecule has 1 aromatic rings. The zero-order valence-corrected chi connectivity index (χ0v) is 7.45. The van der Waals surface area contributed by atoms with Gasteiger partial charge in [-0.25, -0.2) is 9.97 Å². The Balaban J connectivity index is 2.67. The molecule has 12 heavy (non-hydrogen) atoms. The SMILES string of the molecule is CCCc1nccc(CCN)n1. The molecule has 3 nitrogen and oxygen atoms in total. The van der Waals surface area contributed by atoms with Crippen molar-refractivity contribution in [1.29, 1.82) is 0 Å². The quantitative estimate of drug-likeness (QED) is 0.722. The van der Waals surface area contributed by atoms with Crippen LogP contribution in [0.5, 0.6) is 0 Å². The molecular weight excluding hydrogens is 150 g/mol. The largest absolute Gasteiger partial charge is 0.330 e. The van der Waals surface area contributed by atoms with E-state index in [0.717, 1.165) is 30.8 Å². The fourth-order valence-electron chi connectivity index (χ4n) is 1.07. The summed E-state index contributed by atoms with van der Waals surface area (Å²) < 4.78 is 0. The molecule has 0 unspecified atom stereocenters. The predicted octanol–water partition coefficient (Wildman–Crippen LogP) is 0.930. The molecule has 0 aliphatic heterocycles. The number of hydrogen-bond acceptors (Lipinski definition) is 3. The Bertz CT molecular complexity index is 214. The van der Waals surface area contributed by atoms with Gasteiger partial charge in [-0.3, -0.25) is 0 Å². The molecule has 2 N–H and O–H groups in total. The summed E-state index contributed by atoms with van der Waals surface area (Å²) >= 11 is 0. The topological polar surface area (TPSA) is 51.8 Å². The maximum atomic E-state index is 5.42. The third kappa shape index (κ3) is 2.58. The third-order valence-corrected chi connectivity index (χ3v) is 1.64. The summed E-state index contributed by atoms with van der Waals surface area (Å²) in [6.45, 7) is 2.78. The lowest BCUT2D eigenvalue weighted by Crippen LogP contribution is -2.06. The van der Waals surface area contributed by atoms with Crippen LogP contribution in [0.3, 0.4) is 0 Å². The van der Waals surface area contributed by atoms with Crippen LogP contribution >= 0.6 is 0 Å². The van der Waals surface area contributed by atoms with Crippen LogP contribution in [0.15, 0.2) is 12.3 Å². The number of aryl methyl sites for hydroxylation is 1. The highest BCUT2D eigenvalue weighted by molar-refractivity contribution is 5.02. The van der Waals surface area contributed by atoms with Crippen LogP contribution in [-0.2, 0) is 12.8 Å². The molecule has 0 spiro atoms. The van der Waals surface area contributed by atoms with Crippen molar-refractivity contribution in [3.05, 3.63) is 23.8 Å². The fraction of sp³-hybridized carbons (Fsp3) is 0.556. The lowest BCUT2D eigenvalue weighted by atomic mass is 10.2. The van der Waals surface area contributed by atoms with Gasteiger partial charge < -0.3 is 5.73 Å². The molecule has 0 amide bonds. The van der Waals surface area contributed by atoms with Crippen LogP contribution in [-0.4, -0.2) is 16.5 Å². The maximum Gasteiger partial charge on any atom is 0.128 e. The third-order valence-electron chi connectivity index (χ3n) is 1.64. The molecule has 0 saturated heterocycles. The molecule has 0 bridgehead atoms. The van der Waals surface area contributed by atoms with Crippen molar-refractivity contribution in [2.75, 3.05) is 6.54 Å². The Morgan fingerprint density at radius 2 is 2.25 bits per heavy atom. The minimum atomic E-state index is 0.655. The van der Waals surface area contributed by atoms with E-state index < -0.39 is 0 Å². The summed E-state index contributed by atoms with van der Waals surface area (Å²) in [5.74, 6) is 0.934. The zero-order valence-electron chi connectivity index (χ0n) is 7.45. The van der Waals surface area contributed by atoms with Crippen molar-refractivity contribution in [2.24, 2.45) is 5.73 Å². The van der Waals surface area contributed by atoms with Crippen molar-refractivity contribution < 1.29 is 0 Å². The molecule has 0 atom stereocenters. The Hall–Kier alpha value is -0.960. The van der Waals surface area contributed by atoms with Gasteiger partial charge >= 0.3 is 0 Å². The Kier molecular flexibility index (Phi) is 3.67. The smallest absolute Gasteiger partial charge is 0.128 e. The standard InChI is InChI=1S/C9H15N3/c1-2-3-9-11-7-5-8(12-9)4-6-10/h5,7H,2-4,6,10H2,1H3. The Morgan fingerprint density at radius 3 is 2.92 bits per heavy atom.